The first-order valence-corrected chi connectivity index (χ1v) is 6.74. The van der Waals surface area contributed by atoms with E-state index in [9.17, 15) is 0 Å². The molecule has 0 aromatic heterocycles. The molecule has 0 aromatic carbocycles. The molecule has 0 aliphatic heterocycles. The molecule has 0 bridgehead atoms. The second kappa shape index (κ2) is 5.99. The zero-order valence-electron chi connectivity index (χ0n) is 11.0. The highest BCUT2D eigenvalue weighted by Gasteiger charge is 2.25. The van der Waals surface area contributed by atoms with Crippen LogP contribution in [0, 0.1) is 0 Å². The maximum atomic E-state index is 6.30. The van der Waals surface area contributed by atoms with Crippen LogP contribution in [0.1, 0.15) is 71.6 Å². The van der Waals surface area contributed by atoms with Crippen molar-refractivity contribution in [1.82, 2.24) is 5.43 Å². The first-order chi connectivity index (χ1) is 7.47. The van der Waals surface area contributed by atoms with Gasteiger partial charge in [0.15, 0.2) is 0 Å². The molecule has 0 radical (unpaired) electrons. The van der Waals surface area contributed by atoms with Crippen molar-refractivity contribution in [3.8, 4) is 0 Å². The van der Waals surface area contributed by atoms with Crippen LogP contribution in [-0.2, 0) is 0 Å². The van der Waals surface area contributed by atoms with E-state index in [1.807, 2.05) is 0 Å². The van der Waals surface area contributed by atoms with Crippen LogP contribution in [0.4, 0.5) is 0 Å². The van der Waals surface area contributed by atoms with Crippen LogP contribution in [0.2, 0.25) is 0 Å². The van der Waals surface area contributed by atoms with Crippen LogP contribution in [0.15, 0.2) is 0 Å². The van der Waals surface area contributed by atoms with Crippen molar-refractivity contribution in [3.05, 3.63) is 0 Å². The second-order valence-electron chi connectivity index (χ2n) is 6.13. The third-order valence-corrected chi connectivity index (χ3v) is 4.05. The van der Waals surface area contributed by atoms with Gasteiger partial charge in [0.2, 0.25) is 0 Å². The molecule has 2 atom stereocenters. The van der Waals surface area contributed by atoms with E-state index in [4.69, 9.17) is 11.6 Å². The van der Waals surface area contributed by atoms with Crippen molar-refractivity contribution >= 4 is 0 Å². The Morgan fingerprint density at radius 3 is 1.94 bits per heavy atom. The summed E-state index contributed by atoms with van der Waals surface area (Å²) in [6.45, 7) is 4.43. The van der Waals surface area contributed by atoms with Crippen LogP contribution >= 0.6 is 0 Å². The summed E-state index contributed by atoms with van der Waals surface area (Å²) in [7, 11) is 0. The average Bonchev–Trinajstić information content (AvgIpc) is 2.24. The summed E-state index contributed by atoms with van der Waals surface area (Å²) in [5.41, 5.74) is 9.44. The van der Waals surface area contributed by atoms with E-state index >= 15 is 0 Å². The summed E-state index contributed by atoms with van der Waals surface area (Å²) >= 11 is 0. The normalized spacial score (nSPS) is 39.0. The maximum absolute atomic E-state index is 6.30. The largest absolute Gasteiger partial charge is 0.325 e. The van der Waals surface area contributed by atoms with Gasteiger partial charge in [0.05, 0.1) is 0 Å². The molecule has 0 spiro atoms. The zero-order valence-corrected chi connectivity index (χ0v) is 11.0. The first-order valence-electron chi connectivity index (χ1n) is 6.74. The minimum Gasteiger partial charge on any atom is -0.325 e. The van der Waals surface area contributed by atoms with Crippen LogP contribution < -0.4 is 17.0 Å². The van der Waals surface area contributed by atoms with Crippen LogP contribution in [0.5, 0.6) is 0 Å². The highest BCUT2D eigenvalue weighted by molar-refractivity contribution is 4.85. The van der Waals surface area contributed by atoms with Crippen LogP contribution in [0.3, 0.4) is 0 Å². The Bertz CT molecular complexity index is 203. The third-order valence-electron chi connectivity index (χ3n) is 4.05. The highest BCUT2D eigenvalue weighted by atomic mass is 15.3. The topological polar surface area (TPSA) is 64.1 Å². The second-order valence-corrected chi connectivity index (χ2v) is 6.13. The molecule has 1 rings (SSSR count). The molecular weight excluding hydrogens is 198 g/mol. The van der Waals surface area contributed by atoms with Crippen molar-refractivity contribution in [1.29, 1.82) is 0 Å². The average molecular weight is 227 g/mol. The molecule has 0 heterocycles. The Morgan fingerprint density at radius 1 is 0.812 bits per heavy atom. The van der Waals surface area contributed by atoms with Gasteiger partial charge in [-0.2, -0.15) is 0 Å². The van der Waals surface area contributed by atoms with Gasteiger partial charge in [-0.25, -0.2) is 0 Å². The van der Waals surface area contributed by atoms with Gasteiger partial charge in [0.25, 0.3) is 0 Å². The molecule has 0 aromatic rings. The van der Waals surface area contributed by atoms with Crippen LogP contribution in [0.25, 0.3) is 0 Å². The molecule has 2 unspecified atom stereocenters. The number of hydrogen-bond donors (Lipinski definition) is 3. The molecule has 16 heavy (non-hydrogen) atoms. The van der Waals surface area contributed by atoms with Gasteiger partial charge in [-0.15, -0.1) is 0 Å². The molecule has 96 valence electrons. The zero-order chi connectivity index (χ0) is 12.1. The highest BCUT2D eigenvalue weighted by Crippen LogP contribution is 2.26. The fourth-order valence-corrected chi connectivity index (χ4v) is 2.67. The van der Waals surface area contributed by atoms with Crippen molar-refractivity contribution < 1.29 is 0 Å². The fourth-order valence-electron chi connectivity index (χ4n) is 2.67. The summed E-state index contributed by atoms with van der Waals surface area (Å²) in [4.78, 5) is 0. The third kappa shape index (κ3) is 4.81. The first kappa shape index (κ1) is 13.9. The molecule has 5 N–H and O–H groups in total. The van der Waals surface area contributed by atoms with Gasteiger partial charge < -0.3 is 5.73 Å². The van der Waals surface area contributed by atoms with E-state index in [2.05, 4.69) is 19.3 Å². The van der Waals surface area contributed by atoms with E-state index in [1.54, 1.807) is 0 Å². The van der Waals surface area contributed by atoms with Gasteiger partial charge in [-0.3, -0.25) is 11.3 Å². The molecule has 1 aliphatic carbocycles. The van der Waals surface area contributed by atoms with E-state index in [1.165, 1.54) is 44.9 Å². The lowest BCUT2D eigenvalue weighted by Crippen LogP contribution is -2.47. The van der Waals surface area contributed by atoms with E-state index in [0.717, 1.165) is 12.8 Å². The minimum absolute atomic E-state index is 0.0276. The van der Waals surface area contributed by atoms with Gasteiger partial charge in [-0.05, 0) is 46.0 Å². The predicted molar refractivity (Wildman–Crippen MR) is 69.9 cm³/mol. The van der Waals surface area contributed by atoms with Crippen molar-refractivity contribution in [2.24, 2.45) is 11.6 Å². The molecule has 3 heteroatoms. The van der Waals surface area contributed by atoms with Crippen molar-refractivity contribution in [3.63, 3.8) is 0 Å². The Kier molecular flexibility index (Phi) is 5.22. The maximum Gasteiger partial charge on any atom is 0.0293 e. The molecule has 1 fully saturated rings. The Morgan fingerprint density at radius 2 is 1.31 bits per heavy atom. The van der Waals surface area contributed by atoms with Gasteiger partial charge in [0, 0.05) is 11.1 Å². The minimum atomic E-state index is 0.0276. The number of hydrogen-bond acceptors (Lipinski definition) is 3. The molecular formula is C13H29N3. The van der Waals surface area contributed by atoms with Gasteiger partial charge in [0.1, 0.15) is 0 Å². The van der Waals surface area contributed by atoms with Gasteiger partial charge >= 0.3 is 0 Å². The van der Waals surface area contributed by atoms with Gasteiger partial charge in [-0.1, -0.05) is 25.7 Å². The Balaban J connectivity index is 2.52. The lowest BCUT2D eigenvalue weighted by molar-refractivity contribution is 0.282. The molecule has 1 aliphatic rings. The number of nitrogens with one attached hydrogen (secondary N) is 1. The van der Waals surface area contributed by atoms with Crippen molar-refractivity contribution in [2.45, 2.75) is 82.7 Å². The quantitative estimate of drug-likeness (QED) is 0.476. The lowest BCUT2D eigenvalue weighted by Gasteiger charge is -2.30. The summed E-state index contributed by atoms with van der Waals surface area (Å²) in [6.07, 6.45) is 11.0. The molecule has 1 saturated carbocycles. The predicted octanol–water partition coefficient (Wildman–Crippen LogP) is 2.45. The molecule has 3 nitrogen and oxygen atoms in total. The number of hydrazine groups is 1. The smallest absolute Gasteiger partial charge is 0.0293 e. The summed E-state index contributed by atoms with van der Waals surface area (Å²) in [5.74, 6) is 5.67. The monoisotopic (exact) mass is 227 g/mol. The standard InChI is InChI=1S/C13H29N3/c1-12(14)8-5-3-4-6-10-13(2,16-15)11-7-9-12/h16H,3-11,14-15H2,1-2H3. The molecule has 0 saturated heterocycles. The summed E-state index contributed by atoms with van der Waals surface area (Å²) in [6, 6.07) is 0. The van der Waals surface area contributed by atoms with Crippen LogP contribution in [-0.4, -0.2) is 11.1 Å². The Hall–Kier alpha value is -0.120. The fraction of sp³-hybridized carbons (Fsp3) is 1.00. The van der Waals surface area contributed by atoms with E-state index in [0.29, 0.717) is 0 Å². The lowest BCUT2D eigenvalue weighted by atomic mass is 9.86. The summed E-state index contributed by atoms with van der Waals surface area (Å²) in [5, 5.41) is 0. The number of nitrogens with two attached hydrogens (primary N) is 2. The summed E-state index contributed by atoms with van der Waals surface area (Å²) < 4.78 is 0. The van der Waals surface area contributed by atoms with E-state index in [-0.39, 0.29) is 11.1 Å². The molecule has 0 amide bonds. The number of rotatable bonds is 1. The van der Waals surface area contributed by atoms with Crippen molar-refractivity contribution in [2.75, 3.05) is 0 Å². The van der Waals surface area contributed by atoms with E-state index < -0.39 is 0 Å². The SMILES string of the molecule is CC1(N)CCCCCCC(C)(NN)CCC1. The Labute approximate surface area is 100 Å².